The van der Waals surface area contributed by atoms with Crippen LogP contribution in [0.5, 0.6) is 0 Å². The summed E-state index contributed by atoms with van der Waals surface area (Å²) in [6, 6.07) is 3.80. The Morgan fingerprint density at radius 3 is 2.54 bits per heavy atom. The molecule has 1 fully saturated rings. The molecule has 0 aliphatic carbocycles. The van der Waals surface area contributed by atoms with E-state index in [1.165, 1.54) is 17.8 Å². The monoisotopic (exact) mass is 606 g/mol. The molecule has 5 rings (SSSR count). The number of anilines is 1. The van der Waals surface area contributed by atoms with Gasteiger partial charge in [0.2, 0.25) is 0 Å². The Kier molecular flexibility index (Phi) is 7.99. The van der Waals surface area contributed by atoms with Gasteiger partial charge < -0.3 is 19.3 Å². The van der Waals surface area contributed by atoms with Crippen molar-refractivity contribution in [3.63, 3.8) is 0 Å². The number of aromatic nitrogens is 2. The highest BCUT2D eigenvalue weighted by atomic mass is 35.5. The van der Waals surface area contributed by atoms with E-state index >= 15 is 4.39 Å². The average Bonchev–Trinajstić information content (AvgIpc) is 3.08. The second kappa shape index (κ2) is 11.1. The lowest BCUT2D eigenvalue weighted by atomic mass is 9.97. The molecule has 12 heteroatoms. The standard InChI is InChI=1S/C29H33ClF2N4O4S/c1-15-9-19-24-25(23(15)18-10-20(30)22(32)11-21(18)31)41-14-17(39-6)13-36(24)27(37)33-26(19)35-8-7-34(12-16(35)2)28(38)40-29(3,4)5/h9-11,16-17H,7-8,12-14H2,1-6H3/t16-,17+/m0/s1. The van der Waals surface area contributed by atoms with Gasteiger partial charge in [-0.1, -0.05) is 11.6 Å². The molecule has 2 aliphatic rings. The predicted molar refractivity (Wildman–Crippen MR) is 157 cm³/mol. The zero-order valence-electron chi connectivity index (χ0n) is 23.9. The largest absolute Gasteiger partial charge is 0.444 e. The van der Waals surface area contributed by atoms with Crippen LogP contribution in [0.1, 0.15) is 33.3 Å². The van der Waals surface area contributed by atoms with Crippen molar-refractivity contribution in [2.75, 3.05) is 37.4 Å². The van der Waals surface area contributed by atoms with Crippen LogP contribution in [0.15, 0.2) is 27.9 Å². The Morgan fingerprint density at radius 2 is 1.88 bits per heavy atom. The van der Waals surface area contributed by atoms with E-state index in [4.69, 9.17) is 21.1 Å². The molecular weight excluding hydrogens is 574 g/mol. The van der Waals surface area contributed by atoms with Crippen LogP contribution in [0.25, 0.3) is 22.0 Å². The maximum Gasteiger partial charge on any atom is 0.410 e. The van der Waals surface area contributed by atoms with Crippen LogP contribution in [0.2, 0.25) is 5.02 Å². The average molecular weight is 607 g/mol. The lowest BCUT2D eigenvalue weighted by molar-refractivity contribution is 0.0218. The van der Waals surface area contributed by atoms with Crippen molar-refractivity contribution in [3.8, 4) is 11.1 Å². The number of hydrogen-bond acceptors (Lipinski definition) is 7. The van der Waals surface area contributed by atoms with E-state index in [-0.39, 0.29) is 35.4 Å². The minimum Gasteiger partial charge on any atom is -0.444 e. The number of methoxy groups -OCH3 is 1. The number of nitrogens with zero attached hydrogens (tertiary/aromatic N) is 4. The highest BCUT2D eigenvalue weighted by Gasteiger charge is 2.34. The first-order chi connectivity index (χ1) is 19.3. The summed E-state index contributed by atoms with van der Waals surface area (Å²) in [5, 5.41) is 0.544. The zero-order chi connectivity index (χ0) is 29.8. The van der Waals surface area contributed by atoms with Gasteiger partial charge in [-0.3, -0.25) is 4.57 Å². The molecule has 8 nitrogen and oxygen atoms in total. The molecule has 2 atom stereocenters. The fraction of sp³-hybridized carbons (Fsp3) is 0.483. The first-order valence-electron chi connectivity index (χ1n) is 13.4. The van der Waals surface area contributed by atoms with Gasteiger partial charge in [-0.25, -0.2) is 18.4 Å². The summed E-state index contributed by atoms with van der Waals surface area (Å²) < 4.78 is 42.1. The van der Waals surface area contributed by atoms with E-state index in [1.54, 1.807) is 16.6 Å². The molecule has 3 heterocycles. The summed E-state index contributed by atoms with van der Waals surface area (Å²) in [6.45, 7) is 10.8. The Morgan fingerprint density at radius 1 is 1.15 bits per heavy atom. The minimum atomic E-state index is -0.841. The number of halogens is 3. The molecule has 1 aromatic heterocycles. The summed E-state index contributed by atoms with van der Waals surface area (Å²) in [4.78, 5) is 35.2. The van der Waals surface area contributed by atoms with E-state index in [0.29, 0.717) is 47.2 Å². The second-order valence-electron chi connectivity index (χ2n) is 11.5. The van der Waals surface area contributed by atoms with Crippen molar-refractivity contribution in [1.82, 2.24) is 14.5 Å². The van der Waals surface area contributed by atoms with Gasteiger partial charge in [0.15, 0.2) is 0 Å². The molecule has 0 saturated carbocycles. The van der Waals surface area contributed by atoms with Crippen LogP contribution in [0.3, 0.4) is 0 Å². The normalized spacial score (nSPS) is 19.4. The van der Waals surface area contributed by atoms with E-state index in [2.05, 4.69) is 4.98 Å². The van der Waals surface area contributed by atoms with E-state index in [0.717, 1.165) is 17.0 Å². The van der Waals surface area contributed by atoms with Crippen LogP contribution >= 0.6 is 23.4 Å². The van der Waals surface area contributed by atoms with Gasteiger partial charge in [-0.15, -0.1) is 11.8 Å². The second-order valence-corrected chi connectivity index (χ2v) is 12.9. The number of carbonyl (C=O) groups is 1. The topological polar surface area (TPSA) is 76.9 Å². The third-order valence-corrected chi connectivity index (χ3v) is 8.87. The molecule has 1 saturated heterocycles. The summed E-state index contributed by atoms with van der Waals surface area (Å²) in [7, 11) is 1.59. The lowest BCUT2D eigenvalue weighted by Gasteiger charge is -2.41. The van der Waals surface area contributed by atoms with Crippen molar-refractivity contribution in [1.29, 1.82) is 0 Å². The van der Waals surface area contributed by atoms with Crippen molar-refractivity contribution in [3.05, 3.63) is 50.9 Å². The van der Waals surface area contributed by atoms with Crippen LogP contribution in [0, 0.1) is 18.6 Å². The Balaban J connectivity index is 1.67. The molecule has 0 N–H and O–H groups in total. The highest BCUT2D eigenvalue weighted by Crippen LogP contribution is 2.45. The molecule has 0 bridgehead atoms. The molecule has 1 amide bonds. The van der Waals surface area contributed by atoms with Crippen molar-refractivity contribution in [2.45, 2.75) is 63.8 Å². The van der Waals surface area contributed by atoms with Gasteiger partial charge in [0.05, 0.1) is 23.2 Å². The van der Waals surface area contributed by atoms with Crippen molar-refractivity contribution in [2.24, 2.45) is 0 Å². The van der Waals surface area contributed by atoms with Crippen LogP contribution < -0.4 is 10.6 Å². The number of carbonyl (C=O) groups excluding carboxylic acids is 1. The Hall–Kier alpha value is -2.89. The van der Waals surface area contributed by atoms with Crippen LogP contribution in [-0.4, -0.2) is 70.8 Å². The highest BCUT2D eigenvalue weighted by molar-refractivity contribution is 7.99. The van der Waals surface area contributed by atoms with Crippen LogP contribution in [0.4, 0.5) is 19.4 Å². The van der Waals surface area contributed by atoms with Gasteiger partial charge >= 0.3 is 11.8 Å². The number of piperazine rings is 1. The third-order valence-electron chi connectivity index (χ3n) is 7.36. The van der Waals surface area contributed by atoms with E-state index in [1.807, 2.05) is 45.6 Å². The number of ether oxygens (including phenoxy) is 2. The van der Waals surface area contributed by atoms with Gasteiger partial charge in [0, 0.05) is 66.0 Å². The van der Waals surface area contributed by atoms with E-state index < -0.39 is 22.9 Å². The number of benzene rings is 2. The number of amides is 1. The number of aryl methyl sites for hydroxylation is 1. The molecule has 220 valence electrons. The summed E-state index contributed by atoms with van der Waals surface area (Å²) >= 11 is 7.54. The molecule has 2 aliphatic heterocycles. The molecule has 41 heavy (non-hydrogen) atoms. The van der Waals surface area contributed by atoms with Crippen molar-refractivity contribution >= 4 is 46.2 Å². The predicted octanol–water partition coefficient (Wildman–Crippen LogP) is 5.87. The number of thioether (sulfide) groups is 1. The van der Waals surface area contributed by atoms with E-state index in [9.17, 15) is 14.0 Å². The van der Waals surface area contributed by atoms with Gasteiger partial charge in [0.1, 0.15) is 23.1 Å². The summed E-state index contributed by atoms with van der Waals surface area (Å²) in [6.07, 6.45) is -0.667. The van der Waals surface area contributed by atoms with Crippen LogP contribution in [-0.2, 0) is 16.0 Å². The minimum absolute atomic E-state index is 0.158. The third kappa shape index (κ3) is 5.63. The molecule has 3 aromatic rings. The summed E-state index contributed by atoms with van der Waals surface area (Å²) in [5.41, 5.74) is 0.992. The molecule has 0 unspecified atom stereocenters. The Bertz CT molecular complexity index is 1590. The number of hydrogen-bond donors (Lipinski definition) is 0. The molecular formula is C29H33ClF2N4O4S. The lowest BCUT2D eigenvalue weighted by Crippen LogP contribution is -2.55. The quantitative estimate of drug-likeness (QED) is 0.345. The molecule has 0 radical (unpaired) electrons. The summed E-state index contributed by atoms with van der Waals surface area (Å²) in [5.74, 6) is -0.566. The fourth-order valence-corrected chi connectivity index (χ4v) is 6.97. The molecule has 0 spiro atoms. The smallest absolute Gasteiger partial charge is 0.410 e. The fourth-order valence-electron chi connectivity index (χ4n) is 5.44. The maximum absolute atomic E-state index is 15.2. The van der Waals surface area contributed by atoms with Gasteiger partial charge in [0.25, 0.3) is 0 Å². The molecule has 2 aromatic carbocycles. The maximum atomic E-state index is 15.2. The first kappa shape index (κ1) is 29.6. The number of rotatable bonds is 3. The van der Waals surface area contributed by atoms with Gasteiger partial charge in [-0.2, -0.15) is 4.98 Å². The Labute approximate surface area is 246 Å². The van der Waals surface area contributed by atoms with Gasteiger partial charge in [-0.05, 0) is 52.3 Å². The SMILES string of the molecule is CO[C@H]1CSc2c(-c3cc(Cl)c(F)cc3F)c(C)cc3c(N4CCN(C(=O)OC(C)(C)C)C[C@@H]4C)nc(=O)n(c23)C1. The van der Waals surface area contributed by atoms with Crippen molar-refractivity contribution < 1.29 is 23.0 Å². The first-order valence-corrected chi connectivity index (χ1v) is 14.8. The zero-order valence-corrected chi connectivity index (χ0v) is 25.5.